The molecule has 0 spiro atoms. The summed E-state index contributed by atoms with van der Waals surface area (Å²) in [6, 6.07) is 9.87. The predicted molar refractivity (Wildman–Crippen MR) is 124 cm³/mol. The number of carbonyl (C=O) groups excluding carboxylic acids is 1. The Balaban J connectivity index is 1.07. The lowest BCUT2D eigenvalue weighted by atomic mass is 9.92. The molecule has 1 aromatic carbocycles. The molecule has 1 amide bonds. The third-order valence-corrected chi connectivity index (χ3v) is 6.94. The largest absolute Gasteiger partial charge is 0.355 e. The summed E-state index contributed by atoms with van der Waals surface area (Å²) in [5, 5.41) is 16.5. The van der Waals surface area contributed by atoms with Crippen molar-refractivity contribution in [2.75, 3.05) is 31.1 Å². The van der Waals surface area contributed by atoms with Gasteiger partial charge in [-0.05, 0) is 62.1 Å². The van der Waals surface area contributed by atoms with Crippen LogP contribution in [0.3, 0.4) is 0 Å². The molecule has 4 aromatic rings. The number of fused-ring (bicyclic) bond motifs is 1. The number of nitrogens with zero attached hydrogens (tertiary/aromatic N) is 8. The summed E-state index contributed by atoms with van der Waals surface area (Å²) in [6.45, 7) is 2.88. The Bertz CT molecular complexity index is 1330. The summed E-state index contributed by atoms with van der Waals surface area (Å²) in [6.07, 6.45) is 4.96. The van der Waals surface area contributed by atoms with Gasteiger partial charge in [0.2, 0.25) is 17.6 Å². The van der Waals surface area contributed by atoms with Crippen molar-refractivity contribution in [1.29, 1.82) is 0 Å². The second-order valence-electron chi connectivity index (χ2n) is 9.17. The Kier molecular flexibility index (Phi) is 5.59. The molecule has 2 fully saturated rings. The maximum absolute atomic E-state index is 13.3. The number of anilines is 1. The lowest BCUT2D eigenvalue weighted by Gasteiger charge is -2.37. The lowest BCUT2D eigenvalue weighted by Crippen LogP contribution is -2.46. The molecule has 0 radical (unpaired) electrons. The van der Waals surface area contributed by atoms with Gasteiger partial charge in [-0.3, -0.25) is 4.79 Å². The highest BCUT2D eigenvalue weighted by Gasteiger charge is 2.34. The van der Waals surface area contributed by atoms with Gasteiger partial charge in [-0.2, -0.15) is 9.50 Å². The SMILES string of the molecule is O=C(C1CCN(c2ccc3nncn3n2)CC1)N1CCCC(c2nc(-c3ccc(F)cc3)no2)C1. The molecule has 0 saturated carbocycles. The molecule has 6 rings (SSSR count). The Hall–Kier alpha value is -3.89. The number of halogens is 1. The molecule has 180 valence electrons. The second kappa shape index (κ2) is 9.05. The topological polar surface area (TPSA) is 106 Å². The molecule has 1 atom stereocenters. The summed E-state index contributed by atoms with van der Waals surface area (Å²) in [5.74, 6) is 1.75. The highest BCUT2D eigenvalue weighted by Crippen LogP contribution is 2.30. The number of hydrogen-bond acceptors (Lipinski definition) is 8. The van der Waals surface area contributed by atoms with Gasteiger partial charge in [-0.25, -0.2) is 4.39 Å². The van der Waals surface area contributed by atoms with Crippen LogP contribution in [0, 0.1) is 11.7 Å². The van der Waals surface area contributed by atoms with Gasteiger partial charge in [0, 0.05) is 37.7 Å². The number of carbonyl (C=O) groups is 1. The first-order valence-corrected chi connectivity index (χ1v) is 11.9. The van der Waals surface area contributed by atoms with Crippen LogP contribution in [0.5, 0.6) is 0 Å². The van der Waals surface area contributed by atoms with E-state index in [1.165, 1.54) is 12.1 Å². The minimum absolute atomic E-state index is 0.00102. The first-order valence-electron chi connectivity index (χ1n) is 11.9. The van der Waals surface area contributed by atoms with E-state index >= 15 is 0 Å². The van der Waals surface area contributed by atoms with E-state index in [0.717, 1.165) is 51.1 Å². The van der Waals surface area contributed by atoms with Gasteiger partial charge < -0.3 is 14.3 Å². The van der Waals surface area contributed by atoms with Gasteiger partial charge >= 0.3 is 0 Å². The molecule has 2 aliphatic rings. The molecule has 1 unspecified atom stereocenters. The normalized spacial score (nSPS) is 19.4. The summed E-state index contributed by atoms with van der Waals surface area (Å²) < 4.78 is 20.4. The monoisotopic (exact) mass is 476 g/mol. The third-order valence-electron chi connectivity index (χ3n) is 6.94. The van der Waals surface area contributed by atoms with E-state index < -0.39 is 0 Å². The molecule has 0 aliphatic carbocycles. The van der Waals surface area contributed by atoms with E-state index in [0.29, 0.717) is 29.5 Å². The molecular formula is C24H25FN8O2. The van der Waals surface area contributed by atoms with Crippen molar-refractivity contribution >= 4 is 17.4 Å². The highest BCUT2D eigenvalue weighted by atomic mass is 19.1. The minimum atomic E-state index is -0.308. The number of benzene rings is 1. The van der Waals surface area contributed by atoms with E-state index in [2.05, 4.69) is 30.3 Å². The van der Waals surface area contributed by atoms with Crippen LogP contribution >= 0.6 is 0 Å². The molecule has 5 heterocycles. The van der Waals surface area contributed by atoms with Gasteiger partial charge in [-0.15, -0.1) is 15.3 Å². The minimum Gasteiger partial charge on any atom is -0.355 e. The highest BCUT2D eigenvalue weighted by molar-refractivity contribution is 5.79. The van der Waals surface area contributed by atoms with Crippen LogP contribution in [0.1, 0.15) is 37.5 Å². The van der Waals surface area contributed by atoms with E-state index in [9.17, 15) is 9.18 Å². The quantitative estimate of drug-likeness (QED) is 0.443. The standard InChI is InChI=1S/C24H25FN8O2/c25-19-5-3-16(4-6-19)22-27-23(35-30-22)18-2-1-11-32(14-18)24(34)17-9-12-31(13-10-17)21-8-7-20-28-26-15-33(20)29-21/h3-8,15,17-18H,1-2,9-14H2. The predicted octanol–water partition coefficient (Wildman–Crippen LogP) is 2.94. The van der Waals surface area contributed by atoms with Crippen molar-refractivity contribution in [3.8, 4) is 11.4 Å². The van der Waals surface area contributed by atoms with Crippen LogP contribution in [0.2, 0.25) is 0 Å². The van der Waals surface area contributed by atoms with Crippen LogP contribution in [0.4, 0.5) is 10.2 Å². The average molecular weight is 477 g/mol. The van der Waals surface area contributed by atoms with Gasteiger partial charge in [0.05, 0.1) is 5.92 Å². The molecule has 11 heteroatoms. The molecule has 0 bridgehead atoms. The van der Waals surface area contributed by atoms with E-state index in [1.54, 1.807) is 23.0 Å². The smallest absolute Gasteiger partial charge is 0.231 e. The van der Waals surface area contributed by atoms with Gasteiger partial charge in [-0.1, -0.05) is 5.16 Å². The molecule has 2 saturated heterocycles. The molecular weight excluding hydrogens is 451 g/mol. The zero-order valence-electron chi connectivity index (χ0n) is 19.1. The molecule has 35 heavy (non-hydrogen) atoms. The van der Waals surface area contributed by atoms with Gasteiger partial charge in [0.1, 0.15) is 18.0 Å². The van der Waals surface area contributed by atoms with Crippen molar-refractivity contribution < 1.29 is 13.7 Å². The van der Waals surface area contributed by atoms with Crippen molar-refractivity contribution in [3.05, 3.63) is 54.4 Å². The van der Waals surface area contributed by atoms with Crippen LogP contribution in [0.15, 0.2) is 47.2 Å². The summed E-state index contributed by atoms with van der Waals surface area (Å²) in [7, 11) is 0. The van der Waals surface area contributed by atoms with Crippen molar-refractivity contribution in [2.45, 2.75) is 31.6 Å². The number of rotatable bonds is 4. The van der Waals surface area contributed by atoms with Crippen LogP contribution in [-0.2, 0) is 4.79 Å². The Morgan fingerprint density at radius 2 is 1.86 bits per heavy atom. The first-order chi connectivity index (χ1) is 17.1. The zero-order valence-corrected chi connectivity index (χ0v) is 19.1. The van der Waals surface area contributed by atoms with Crippen LogP contribution in [-0.4, -0.2) is 66.9 Å². The number of aromatic nitrogens is 6. The number of piperidine rings is 2. The van der Waals surface area contributed by atoms with Crippen molar-refractivity contribution in [3.63, 3.8) is 0 Å². The lowest BCUT2D eigenvalue weighted by molar-refractivity contribution is -0.137. The second-order valence-corrected chi connectivity index (χ2v) is 9.17. The fourth-order valence-corrected chi connectivity index (χ4v) is 5.00. The third kappa shape index (κ3) is 4.33. The first kappa shape index (κ1) is 21.6. The van der Waals surface area contributed by atoms with Crippen LogP contribution < -0.4 is 4.90 Å². The summed E-state index contributed by atoms with van der Waals surface area (Å²) in [4.78, 5) is 22.0. The van der Waals surface area contributed by atoms with E-state index in [4.69, 9.17) is 4.52 Å². The van der Waals surface area contributed by atoms with Crippen molar-refractivity contribution in [1.82, 2.24) is 34.9 Å². The Morgan fingerprint density at radius 1 is 1.03 bits per heavy atom. The van der Waals surface area contributed by atoms with Crippen LogP contribution in [0.25, 0.3) is 17.0 Å². The number of amides is 1. The van der Waals surface area contributed by atoms with E-state index in [-0.39, 0.29) is 23.6 Å². The number of likely N-dealkylation sites (tertiary alicyclic amines) is 1. The maximum atomic E-state index is 13.3. The fourth-order valence-electron chi connectivity index (χ4n) is 5.00. The molecule has 3 aromatic heterocycles. The summed E-state index contributed by atoms with van der Waals surface area (Å²) in [5.41, 5.74) is 1.42. The van der Waals surface area contributed by atoms with E-state index in [1.807, 2.05) is 17.0 Å². The Labute approximate surface area is 200 Å². The Morgan fingerprint density at radius 3 is 2.69 bits per heavy atom. The van der Waals surface area contributed by atoms with Gasteiger partial charge in [0.25, 0.3) is 0 Å². The van der Waals surface area contributed by atoms with Gasteiger partial charge in [0.15, 0.2) is 5.65 Å². The average Bonchev–Trinajstić information content (AvgIpc) is 3.59. The number of hydrogen-bond donors (Lipinski definition) is 0. The molecule has 10 nitrogen and oxygen atoms in total. The molecule has 0 N–H and O–H groups in total. The summed E-state index contributed by atoms with van der Waals surface area (Å²) >= 11 is 0. The fraction of sp³-hybridized carbons (Fsp3) is 0.417. The molecule has 2 aliphatic heterocycles. The van der Waals surface area contributed by atoms with Crippen molar-refractivity contribution in [2.24, 2.45) is 5.92 Å². The zero-order chi connectivity index (χ0) is 23.8. The maximum Gasteiger partial charge on any atom is 0.231 e.